The molecule has 156 valence electrons. The molecule has 1 saturated heterocycles. The number of benzene rings is 2. The molecule has 1 aliphatic heterocycles. The molecule has 1 N–H and O–H groups in total. The van der Waals surface area contributed by atoms with E-state index in [9.17, 15) is 13.2 Å². The van der Waals surface area contributed by atoms with Gasteiger partial charge in [0, 0.05) is 25.2 Å². The predicted octanol–water partition coefficient (Wildman–Crippen LogP) is 2.42. The Kier molecular flexibility index (Phi) is 6.89. The number of nitrogens with one attached hydrogen (secondary N) is 1. The fourth-order valence-electron chi connectivity index (χ4n) is 3.02. The van der Waals surface area contributed by atoms with Crippen molar-refractivity contribution in [3.8, 4) is 5.75 Å². The lowest BCUT2D eigenvalue weighted by molar-refractivity contribution is 0.0730. The maximum atomic E-state index is 12.8. The summed E-state index contributed by atoms with van der Waals surface area (Å²) in [4.78, 5) is 12.7. The van der Waals surface area contributed by atoms with Crippen LogP contribution in [0.3, 0.4) is 0 Å². The fourth-order valence-corrected chi connectivity index (χ4v) is 4.47. The first-order valence-electron chi connectivity index (χ1n) is 9.58. The summed E-state index contributed by atoms with van der Waals surface area (Å²) < 4.78 is 37.8. The summed E-state index contributed by atoms with van der Waals surface area (Å²) in [6.45, 7) is 5.59. The monoisotopic (exact) mass is 418 g/mol. The standard InChI is InChI=1S/C21H26N2O5S/c1-16(2)28-19-7-3-5-17(13-19)15-22-21(24)18-6-4-8-20(14-18)29(25,26)23-9-11-27-12-10-23/h3-8,13-14,16H,9-12,15H2,1-2H3,(H,22,24). The van der Waals surface area contributed by atoms with Gasteiger partial charge < -0.3 is 14.8 Å². The summed E-state index contributed by atoms with van der Waals surface area (Å²) in [5, 5.41) is 2.83. The van der Waals surface area contributed by atoms with Gasteiger partial charge in [-0.25, -0.2) is 8.42 Å². The highest BCUT2D eigenvalue weighted by Gasteiger charge is 2.26. The number of hydrogen-bond acceptors (Lipinski definition) is 5. The Labute approximate surface area is 171 Å². The van der Waals surface area contributed by atoms with E-state index in [1.807, 2.05) is 38.1 Å². The first-order valence-corrected chi connectivity index (χ1v) is 11.0. The van der Waals surface area contributed by atoms with Crippen LogP contribution in [-0.2, 0) is 21.3 Å². The molecule has 8 heteroatoms. The van der Waals surface area contributed by atoms with Crippen LogP contribution in [0.4, 0.5) is 0 Å². The van der Waals surface area contributed by atoms with E-state index in [0.717, 1.165) is 11.3 Å². The number of morpholine rings is 1. The van der Waals surface area contributed by atoms with Gasteiger partial charge in [-0.1, -0.05) is 18.2 Å². The van der Waals surface area contributed by atoms with Crippen LogP contribution in [0.15, 0.2) is 53.4 Å². The normalized spacial score (nSPS) is 15.3. The van der Waals surface area contributed by atoms with Gasteiger partial charge >= 0.3 is 0 Å². The van der Waals surface area contributed by atoms with Gasteiger partial charge in [-0.2, -0.15) is 4.31 Å². The van der Waals surface area contributed by atoms with Crippen LogP contribution < -0.4 is 10.1 Å². The predicted molar refractivity (Wildman–Crippen MR) is 109 cm³/mol. The number of nitrogens with zero attached hydrogens (tertiary/aromatic N) is 1. The van der Waals surface area contributed by atoms with Gasteiger partial charge in [0.2, 0.25) is 10.0 Å². The second-order valence-corrected chi connectivity index (χ2v) is 8.98. The smallest absolute Gasteiger partial charge is 0.251 e. The van der Waals surface area contributed by atoms with E-state index >= 15 is 0 Å². The number of hydrogen-bond donors (Lipinski definition) is 1. The summed E-state index contributed by atoms with van der Waals surface area (Å²) in [6.07, 6.45) is 0.0657. The Balaban J connectivity index is 1.68. The molecule has 1 aliphatic rings. The van der Waals surface area contributed by atoms with Crippen molar-refractivity contribution in [1.29, 1.82) is 0 Å². The number of sulfonamides is 1. The van der Waals surface area contributed by atoms with Gasteiger partial charge in [-0.3, -0.25) is 4.79 Å². The average molecular weight is 419 g/mol. The van der Waals surface area contributed by atoms with Crippen LogP contribution in [0.2, 0.25) is 0 Å². The van der Waals surface area contributed by atoms with Gasteiger partial charge in [-0.05, 0) is 49.7 Å². The van der Waals surface area contributed by atoms with Crippen LogP contribution in [0.25, 0.3) is 0 Å². The maximum absolute atomic E-state index is 12.8. The molecule has 7 nitrogen and oxygen atoms in total. The van der Waals surface area contributed by atoms with Crippen molar-refractivity contribution in [3.63, 3.8) is 0 Å². The second kappa shape index (κ2) is 9.39. The summed E-state index contributed by atoms with van der Waals surface area (Å²) in [6, 6.07) is 13.6. The molecule has 0 saturated carbocycles. The van der Waals surface area contributed by atoms with Crippen LogP contribution in [0.5, 0.6) is 5.75 Å². The first-order chi connectivity index (χ1) is 13.9. The van der Waals surface area contributed by atoms with E-state index in [-0.39, 0.29) is 16.9 Å². The molecule has 0 bridgehead atoms. The highest BCUT2D eigenvalue weighted by Crippen LogP contribution is 2.19. The lowest BCUT2D eigenvalue weighted by Crippen LogP contribution is -2.40. The molecule has 0 unspecified atom stereocenters. The van der Waals surface area contributed by atoms with Crippen LogP contribution in [0, 0.1) is 0 Å². The van der Waals surface area contributed by atoms with Gasteiger partial charge in [0.1, 0.15) is 5.75 Å². The van der Waals surface area contributed by atoms with Crippen LogP contribution in [0.1, 0.15) is 29.8 Å². The van der Waals surface area contributed by atoms with Gasteiger partial charge in [0.25, 0.3) is 5.91 Å². The third kappa shape index (κ3) is 5.56. The zero-order valence-corrected chi connectivity index (χ0v) is 17.4. The largest absolute Gasteiger partial charge is 0.491 e. The van der Waals surface area contributed by atoms with E-state index in [0.29, 0.717) is 38.4 Å². The minimum absolute atomic E-state index is 0.0657. The molecule has 2 aromatic carbocycles. The molecular formula is C21H26N2O5S. The molecule has 1 fully saturated rings. The van der Waals surface area contributed by atoms with E-state index < -0.39 is 10.0 Å². The lowest BCUT2D eigenvalue weighted by atomic mass is 10.2. The average Bonchev–Trinajstić information content (AvgIpc) is 2.72. The van der Waals surface area contributed by atoms with Gasteiger partial charge in [0.05, 0.1) is 24.2 Å². The summed E-state index contributed by atoms with van der Waals surface area (Å²) >= 11 is 0. The topological polar surface area (TPSA) is 84.9 Å². The van der Waals surface area contributed by atoms with Crippen LogP contribution in [-0.4, -0.2) is 51.0 Å². The highest BCUT2D eigenvalue weighted by molar-refractivity contribution is 7.89. The third-order valence-electron chi connectivity index (χ3n) is 4.43. The number of rotatable bonds is 7. The van der Waals surface area contributed by atoms with Crippen molar-refractivity contribution in [2.45, 2.75) is 31.4 Å². The number of ether oxygens (including phenoxy) is 2. The Morgan fingerprint density at radius 2 is 1.86 bits per heavy atom. The zero-order valence-electron chi connectivity index (χ0n) is 16.6. The summed E-state index contributed by atoms with van der Waals surface area (Å²) in [5.74, 6) is 0.407. The molecule has 0 spiro atoms. The van der Waals surface area contributed by atoms with E-state index in [1.54, 1.807) is 12.1 Å². The minimum Gasteiger partial charge on any atom is -0.491 e. The maximum Gasteiger partial charge on any atom is 0.251 e. The van der Waals surface area contributed by atoms with E-state index in [1.165, 1.54) is 16.4 Å². The second-order valence-electron chi connectivity index (χ2n) is 7.04. The molecule has 0 aromatic heterocycles. The van der Waals surface area contributed by atoms with Gasteiger partial charge in [-0.15, -0.1) is 0 Å². The SMILES string of the molecule is CC(C)Oc1cccc(CNC(=O)c2cccc(S(=O)(=O)N3CCOCC3)c2)c1. The van der Waals surface area contributed by atoms with E-state index in [2.05, 4.69) is 5.32 Å². The Morgan fingerprint density at radius 3 is 2.59 bits per heavy atom. The molecule has 1 heterocycles. The molecular weight excluding hydrogens is 392 g/mol. The van der Waals surface area contributed by atoms with Crippen molar-refractivity contribution in [1.82, 2.24) is 9.62 Å². The highest BCUT2D eigenvalue weighted by atomic mass is 32.2. The van der Waals surface area contributed by atoms with E-state index in [4.69, 9.17) is 9.47 Å². The number of carbonyl (C=O) groups excluding carboxylic acids is 1. The van der Waals surface area contributed by atoms with Gasteiger partial charge in [0.15, 0.2) is 0 Å². The van der Waals surface area contributed by atoms with Crippen molar-refractivity contribution < 1.29 is 22.7 Å². The third-order valence-corrected chi connectivity index (χ3v) is 6.32. The Hall–Kier alpha value is -2.42. The van der Waals surface area contributed by atoms with Crippen molar-refractivity contribution in [2.24, 2.45) is 0 Å². The molecule has 0 aliphatic carbocycles. The molecule has 1 amide bonds. The molecule has 2 aromatic rings. The molecule has 3 rings (SSSR count). The van der Waals surface area contributed by atoms with Crippen LogP contribution >= 0.6 is 0 Å². The first kappa shape index (κ1) is 21.3. The minimum atomic E-state index is -3.65. The number of carbonyl (C=O) groups is 1. The molecule has 0 atom stereocenters. The fraction of sp³-hybridized carbons (Fsp3) is 0.381. The quantitative estimate of drug-likeness (QED) is 0.747. The molecule has 29 heavy (non-hydrogen) atoms. The zero-order chi connectivity index (χ0) is 20.9. The van der Waals surface area contributed by atoms with Crippen molar-refractivity contribution >= 4 is 15.9 Å². The Bertz CT molecular complexity index is 953. The number of amides is 1. The summed E-state index contributed by atoms with van der Waals surface area (Å²) in [7, 11) is -3.65. The molecule has 0 radical (unpaired) electrons. The van der Waals surface area contributed by atoms with Crippen molar-refractivity contribution in [2.75, 3.05) is 26.3 Å². The van der Waals surface area contributed by atoms with Crippen molar-refractivity contribution in [3.05, 3.63) is 59.7 Å². The lowest BCUT2D eigenvalue weighted by Gasteiger charge is -2.26. The summed E-state index contributed by atoms with van der Waals surface area (Å²) in [5.41, 5.74) is 1.20. The Morgan fingerprint density at radius 1 is 1.14 bits per heavy atom.